The van der Waals surface area contributed by atoms with E-state index in [2.05, 4.69) is 29.4 Å². The van der Waals surface area contributed by atoms with Gasteiger partial charge in [-0.15, -0.1) is 0 Å². The number of unbranched alkanes of at least 4 members (excludes halogenated alkanes) is 1. The number of thiazole rings is 1. The number of aryl methyl sites for hydroxylation is 1. The third-order valence-electron chi connectivity index (χ3n) is 4.88. The average molecular weight is 409 g/mol. The van der Waals surface area contributed by atoms with Crippen LogP contribution in [0.2, 0.25) is 0 Å². The second kappa shape index (κ2) is 9.09. The van der Waals surface area contributed by atoms with Gasteiger partial charge in [-0.2, -0.15) is 0 Å². The van der Waals surface area contributed by atoms with E-state index in [0.29, 0.717) is 22.4 Å². The van der Waals surface area contributed by atoms with Gasteiger partial charge in [0.15, 0.2) is 0 Å². The maximum atomic E-state index is 12.1. The maximum absolute atomic E-state index is 12.1. The first-order valence-electron chi connectivity index (χ1n) is 9.99. The predicted octanol–water partition coefficient (Wildman–Crippen LogP) is 5.53. The van der Waals surface area contributed by atoms with E-state index >= 15 is 0 Å². The Bertz CT molecular complexity index is 971. The first kappa shape index (κ1) is 19.5. The zero-order valence-electron chi connectivity index (χ0n) is 16.4. The largest absolute Gasteiger partial charge is 0.485 e. The van der Waals surface area contributed by atoms with Crippen LogP contribution in [0.15, 0.2) is 54.7 Å². The van der Waals surface area contributed by atoms with Gasteiger partial charge >= 0.3 is 0 Å². The number of hydrogen-bond acceptors (Lipinski definition) is 5. The van der Waals surface area contributed by atoms with Crippen molar-refractivity contribution in [2.45, 2.75) is 38.7 Å². The van der Waals surface area contributed by atoms with Gasteiger partial charge in [0.05, 0.1) is 6.20 Å². The normalized spacial score (nSPS) is 15.3. The van der Waals surface area contributed by atoms with Crippen molar-refractivity contribution in [2.75, 3.05) is 6.54 Å². The summed E-state index contributed by atoms with van der Waals surface area (Å²) in [6, 6.07) is 16.1. The fourth-order valence-corrected chi connectivity index (χ4v) is 4.01. The van der Waals surface area contributed by atoms with Gasteiger partial charge in [-0.05, 0) is 48.6 Å². The molecular formula is C23H24N2O3S. The van der Waals surface area contributed by atoms with Gasteiger partial charge in [0.25, 0.3) is 11.1 Å². The molecule has 4 rings (SSSR count). The average Bonchev–Trinajstić information content (AvgIpc) is 3.23. The number of carbonyl (C=O) groups is 1. The summed E-state index contributed by atoms with van der Waals surface area (Å²) in [7, 11) is 0. The molecule has 150 valence electrons. The summed E-state index contributed by atoms with van der Waals surface area (Å²) in [6.45, 7) is 2.77. The van der Waals surface area contributed by atoms with E-state index < -0.39 is 0 Å². The lowest BCUT2D eigenvalue weighted by Gasteiger charge is -2.26. The minimum atomic E-state index is -0.100. The quantitative estimate of drug-likeness (QED) is 0.522. The number of nitrogens with one attached hydrogen (secondary N) is 1. The first-order valence-corrected chi connectivity index (χ1v) is 10.8. The molecular weight excluding hydrogens is 384 g/mol. The number of rotatable bonds is 7. The zero-order valence-corrected chi connectivity index (χ0v) is 17.2. The van der Waals surface area contributed by atoms with E-state index in [4.69, 9.17) is 9.47 Å². The van der Waals surface area contributed by atoms with Crippen molar-refractivity contribution in [3.8, 4) is 16.7 Å². The van der Waals surface area contributed by atoms with Crippen molar-refractivity contribution in [2.24, 2.45) is 0 Å². The number of nitrogens with zero attached hydrogens (tertiary/aromatic N) is 1. The molecule has 1 aromatic heterocycles. The summed E-state index contributed by atoms with van der Waals surface area (Å²) in [4.78, 5) is 16.9. The molecule has 0 bridgehead atoms. The van der Waals surface area contributed by atoms with Gasteiger partial charge in [0.2, 0.25) is 0 Å². The molecule has 0 saturated carbocycles. The van der Waals surface area contributed by atoms with Crippen LogP contribution in [0.25, 0.3) is 0 Å². The molecule has 2 heterocycles. The molecule has 2 aromatic carbocycles. The number of benzene rings is 2. The van der Waals surface area contributed by atoms with Gasteiger partial charge in [-0.25, -0.2) is 4.98 Å². The number of hydrogen-bond donors (Lipinski definition) is 1. The molecule has 0 aliphatic carbocycles. The van der Waals surface area contributed by atoms with Crippen LogP contribution >= 0.6 is 11.3 Å². The summed E-state index contributed by atoms with van der Waals surface area (Å²) in [5.41, 5.74) is 2.33. The van der Waals surface area contributed by atoms with Crippen LogP contribution in [0.5, 0.6) is 16.7 Å². The predicted molar refractivity (Wildman–Crippen MR) is 114 cm³/mol. The molecule has 1 amide bonds. The lowest BCUT2D eigenvalue weighted by Crippen LogP contribution is -2.23. The third-order valence-corrected chi connectivity index (χ3v) is 5.75. The highest BCUT2D eigenvalue weighted by Crippen LogP contribution is 2.37. The lowest BCUT2D eigenvalue weighted by molar-refractivity contribution is 0.0957. The molecule has 1 atom stereocenters. The minimum absolute atomic E-state index is 0.0863. The van der Waals surface area contributed by atoms with Crippen molar-refractivity contribution < 1.29 is 14.3 Å². The highest BCUT2D eigenvalue weighted by atomic mass is 32.1. The van der Waals surface area contributed by atoms with Gasteiger partial charge in [-0.3, -0.25) is 4.79 Å². The van der Waals surface area contributed by atoms with Gasteiger partial charge in [-0.1, -0.05) is 55.0 Å². The van der Waals surface area contributed by atoms with Gasteiger partial charge in [0, 0.05) is 6.54 Å². The molecule has 1 N–H and O–H groups in total. The van der Waals surface area contributed by atoms with Crippen molar-refractivity contribution >= 4 is 17.2 Å². The van der Waals surface area contributed by atoms with Gasteiger partial charge in [0.1, 0.15) is 22.5 Å². The molecule has 0 radical (unpaired) electrons. The smallest absolute Gasteiger partial charge is 0.279 e. The van der Waals surface area contributed by atoms with E-state index in [1.54, 1.807) is 6.20 Å². The Balaban J connectivity index is 1.40. The van der Waals surface area contributed by atoms with E-state index in [-0.39, 0.29) is 12.0 Å². The van der Waals surface area contributed by atoms with Crippen molar-refractivity contribution in [1.82, 2.24) is 10.3 Å². The Morgan fingerprint density at radius 1 is 1.28 bits per heavy atom. The van der Waals surface area contributed by atoms with E-state index in [1.165, 1.54) is 16.9 Å². The number of fused-ring (bicyclic) bond motifs is 1. The molecule has 3 aromatic rings. The van der Waals surface area contributed by atoms with Crippen LogP contribution < -0.4 is 14.8 Å². The van der Waals surface area contributed by atoms with Crippen molar-refractivity contribution in [1.29, 1.82) is 0 Å². The van der Waals surface area contributed by atoms with Crippen LogP contribution in [0.4, 0.5) is 0 Å². The fraction of sp³-hybridized carbons (Fsp3) is 0.304. The Labute approximate surface area is 174 Å². The Morgan fingerprint density at radius 3 is 2.97 bits per heavy atom. The fourth-order valence-electron chi connectivity index (χ4n) is 3.31. The van der Waals surface area contributed by atoms with Crippen LogP contribution in [0, 0.1) is 0 Å². The Morgan fingerprint density at radius 2 is 2.14 bits per heavy atom. The molecule has 1 aliphatic rings. The molecule has 0 fully saturated rings. The summed E-state index contributed by atoms with van der Waals surface area (Å²) in [5.74, 6) is 1.50. The summed E-state index contributed by atoms with van der Waals surface area (Å²) < 4.78 is 12.1. The standard InChI is InChI=1S/C23H24N2O3S/c1-2-3-13-24-22(26)21-15-25-23(29-21)27-18-10-12-20-17(14-18)9-11-19(28-20)16-7-5-4-6-8-16/h4-8,10,12,14-15,19H,2-3,9,11,13H2,1H3,(H,24,26). The molecule has 0 saturated heterocycles. The molecule has 5 nitrogen and oxygen atoms in total. The van der Waals surface area contributed by atoms with E-state index in [0.717, 1.165) is 37.0 Å². The summed E-state index contributed by atoms with van der Waals surface area (Å²) in [5, 5.41) is 3.36. The molecule has 6 heteroatoms. The second-order valence-corrected chi connectivity index (χ2v) is 8.02. The minimum Gasteiger partial charge on any atom is -0.485 e. The maximum Gasteiger partial charge on any atom is 0.279 e. The van der Waals surface area contributed by atoms with Crippen LogP contribution in [-0.4, -0.2) is 17.4 Å². The molecule has 29 heavy (non-hydrogen) atoms. The van der Waals surface area contributed by atoms with Gasteiger partial charge < -0.3 is 14.8 Å². The van der Waals surface area contributed by atoms with Crippen LogP contribution in [-0.2, 0) is 6.42 Å². The summed E-state index contributed by atoms with van der Waals surface area (Å²) >= 11 is 1.25. The van der Waals surface area contributed by atoms with E-state index in [1.807, 2.05) is 36.4 Å². The topological polar surface area (TPSA) is 60.5 Å². The lowest BCUT2D eigenvalue weighted by atomic mass is 9.97. The molecule has 1 unspecified atom stereocenters. The van der Waals surface area contributed by atoms with Crippen molar-refractivity contribution in [3.05, 3.63) is 70.7 Å². The number of aromatic nitrogens is 1. The third kappa shape index (κ3) is 4.77. The molecule has 1 aliphatic heterocycles. The Kier molecular flexibility index (Phi) is 6.10. The van der Waals surface area contributed by atoms with E-state index in [9.17, 15) is 4.79 Å². The Hall–Kier alpha value is -2.86. The highest BCUT2D eigenvalue weighted by Gasteiger charge is 2.22. The second-order valence-electron chi connectivity index (χ2n) is 7.03. The zero-order chi connectivity index (χ0) is 20.1. The highest BCUT2D eigenvalue weighted by molar-refractivity contribution is 7.15. The monoisotopic (exact) mass is 408 g/mol. The number of amides is 1. The van der Waals surface area contributed by atoms with Crippen molar-refractivity contribution in [3.63, 3.8) is 0 Å². The first-order chi connectivity index (χ1) is 14.2. The van der Waals surface area contributed by atoms with Crippen LogP contribution in [0.1, 0.15) is 53.1 Å². The SMILES string of the molecule is CCCCNC(=O)c1cnc(Oc2ccc3c(c2)CCC(c2ccccc2)O3)s1. The molecule has 0 spiro atoms. The van der Waals surface area contributed by atoms with Crippen LogP contribution in [0.3, 0.4) is 0 Å². The number of carbonyl (C=O) groups excluding carboxylic acids is 1. The number of ether oxygens (including phenoxy) is 2. The summed E-state index contributed by atoms with van der Waals surface area (Å²) in [6.07, 6.45) is 5.52.